The molecule has 0 saturated heterocycles. The van der Waals surface area contributed by atoms with Crippen LogP contribution in [0.5, 0.6) is 0 Å². The molecule has 0 aromatic carbocycles. The fourth-order valence-corrected chi connectivity index (χ4v) is 3.72. The first-order chi connectivity index (χ1) is 9.60. The summed E-state index contributed by atoms with van der Waals surface area (Å²) in [5.41, 5.74) is 7.02. The maximum Gasteiger partial charge on any atom is 0.162 e. The minimum Gasteiger partial charge on any atom is -0.397 e. The highest BCUT2D eigenvalue weighted by molar-refractivity contribution is 5.83. The van der Waals surface area contributed by atoms with Crippen LogP contribution >= 0.6 is 0 Å². The van der Waals surface area contributed by atoms with Crippen LogP contribution < -0.4 is 5.73 Å². The number of aromatic nitrogens is 3. The number of rotatable bonds is 2. The van der Waals surface area contributed by atoms with E-state index in [4.69, 9.17) is 5.73 Å². The Labute approximate surface area is 114 Å². The molecule has 1 unspecified atom stereocenters. The van der Waals surface area contributed by atoms with Crippen molar-refractivity contribution in [3.63, 3.8) is 0 Å². The van der Waals surface area contributed by atoms with Crippen molar-refractivity contribution in [3.05, 3.63) is 18.6 Å². The van der Waals surface area contributed by atoms with Gasteiger partial charge in [-0.3, -0.25) is 0 Å². The zero-order valence-corrected chi connectivity index (χ0v) is 10.7. The molecule has 2 fully saturated rings. The van der Waals surface area contributed by atoms with Crippen molar-refractivity contribution in [2.24, 2.45) is 11.3 Å². The number of nitrogen functional groups attached to an aromatic ring is 1. The second-order valence-electron chi connectivity index (χ2n) is 5.85. The summed E-state index contributed by atoms with van der Waals surface area (Å²) in [6.07, 6.45) is 2.05. The Morgan fingerprint density at radius 3 is 2.90 bits per heavy atom. The van der Waals surface area contributed by atoms with Gasteiger partial charge >= 0.3 is 0 Å². The van der Waals surface area contributed by atoms with Crippen molar-refractivity contribution in [2.45, 2.75) is 24.7 Å². The van der Waals surface area contributed by atoms with Crippen LogP contribution in [0, 0.1) is 11.3 Å². The highest BCUT2D eigenvalue weighted by Crippen LogP contribution is 2.67. The van der Waals surface area contributed by atoms with Crippen molar-refractivity contribution in [1.82, 2.24) is 14.5 Å². The van der Waals surface area contributed by atoms with E-state index in [0.29, 0.717) is 23.3 Å². The molecule has 2 saturated carbocycles. The van der Waals surface area contributed by atoms with Crippen LogP contribution in [0.1, 0.15) is 12.5 Å². The lowest BCUT2D eigenvalue weighted by atomic mass is 10.0. The molecular weight excluding hydrogens is 260 g/mol. The van der Waals surface area contributed by atoms with Gasteiger partial charge in [-0.15, -0.1) is 0 Å². The lowest BCUT2D eigenvalue weighted by molar-refractivity contribution is -0.0300. The number of pyridine rings is 1. The topological polar surface area (TPSA) is 117 Å². The molecule has 0 bridgehead atoms. The van der Waals surface area contributed by atoms with E-state index in [0.717, 1.165) is 0 Å². The maximum atomic E-state index is 10.3. The van der Waals surface area contributed by atoms with Gasteiger partial charge in [0.1, 0.15) is 11.6 Å². The van der Waals surface area contributed by atoms with Crippen molar-refractivity contribution in [3.8, 4) is 0 Å². The standard InChI is InChI=1S/C13H16N4O3/c14-7-1-2-15-12-8(7)16-5-17(12)9-6-3-13(6,4-18)11(20)10(9)19/h1-2,5-6,9-11,18-20H,3-4H2,(H2,14,15)/t6-,9-,10-,11?,13+/m1/s1. The van der Waals surface area contributed by atoms with E-state index in [1.54, 1.807) is 23.2 Å². The molecule has 5 atom stereocenters. The van der Waals surface area contributed by atoms with Crippen LogP contribution in [-0.2, 0) is 0 Å². The fourth-order valence-electron chi connectivity index (χ4n) is 3.72. The third-order valence-electron chi connectivity index (χ3n) is 4.96. The number of fused-ring (bicyclic) bond motifs is 2. The first-order valence-electron chi connectivity index (χ1n) is 6.64. The average molecular weight is 276 g/mol. The Bertz CT molecular complexity index is 687. The zero-order chi connectivity index (χ0) is 14.1. The number of hydrogen-bond donors (Lipinski definition) is 4. The lowest BCUT2D eigenvalue weighted by Gasteiger charge is -2.23. The normalized spacial score (nSPS) is 39.1. The summed E-state index contributed by atoms with van der Waals surface area (Å²) >= 11 is 0. The molecule has 4 rings (SSSR count). The molecule has 2 aromatic heterocycles. The lowest BCUT2D eigenvalue weighted by Crippen LogP contribution is -2.35. The van der Waals surface area contributed by atoms with Gasteiger partial charge in [0.15, 0.2) is 5.65 Å². The molecule has 2 aromatic rings. The predicted molar refractivity (Wildman–Crippen MR) is 70.6 cm³/mol. The summed E-state index contributed by atoms with van der Waals surface area (Å²) in [5.74, 6) is 0.0399. The molecule has 0 spiro atoms. The molecule has 7 nitrogen and oxygen atoms in total. The monoisotopic (exact) mass is 276 g/mol. The SMILES string of the molecule is Nc1ccnc2c1ncn2[C@@H]1[C@H]2C[C@@]2(CO)C(O)[C@@H]1O. The number of nitrogens with zero attached hydrogens (tertiary/aromatic N) is 3. The van der Waals surface area contributed by atoms with Crippen molar-refractivity contribution in [1.29, 1.82) is 0 Å². The molecule has 7 heteroatoms. The molecule has 20 heavy (non-hydrogen) atoms. The van der Waals surface area contributed by atoms with Crippen molar-refractivity contribution >= 4 is 16.9 Å². The molecule has 0 radical (unpaired) electrons. The Balaban J connectivity index is 1.83. The third-order valence-corrected chi connectivity index (χ3v) is 4.96. The maximum absolute atomic E-state index is 10.3. The summed E-state index contributed by atoms with van der Waals surface area (Å²) < 4.78 is 1.77. The summed E-state index contributed by atoms with van der Waals surface area (Å²) in [5, 5.41) is 29.9. The van der Waals surface area contributed by atoms with Crippen LogP contribution in [0.4, 0.5) is 5.69 Å². The van der Waals surface area contributed by atoms with Crippen molar-refractivity contribution in [2.75, 3.05) is 12.3 Å². The molecular formula is C13H16N4O3. The Hall–Kier alpha value is -1.70. The summed E-state index contributed by atoms with van der Waals surface area (Å²) in [4.78, 5) is 8.52. The van der Waals surface area contributed by atoms with E-state index in [9.17, 15) is 15.3 Å². The van der Waals surface area contributed by atoms with Gasteiger partial charge in [-0.25, -0.2) is 9.97 Å². The van der Waals surface area contributed by atoms with Gasteiger partial charge in [-0.1, -0.05) is 0 Å². The number of aliphatic hydroxyl groups is 3. The molecule has 5 N–H and O–H groups in total. The molecule has 2 aliphatic carbocycles. The molecule has 2 aliphatic rings. The number of hydrogen-bond acceptors (Lipinski definition) is 6. The molecule has 2 heterocycles. The van der Waals surface area contributed by atoms with Gasteiger partial charge in [0.2, 0.25) is 0 Å². The smallest absolute Gasteiger partial charge is 0.162 e. The van der Waals surface area contributed by atoms with E-state index < -0.39 is 17.6 Å². The van der Waals surface area contributed by atoms with Gasteiger partial charge in [0.05, 0.1) is 30.8 Å². The van der Waals surface area contributed by atoms with Crippen LogP contribution in [0.15, 0.2) is 18.6 Å². The van der Waals surface area contributed by atoms with E-state index in [2.05, 4.69) is 9.97 Å². The third kappa shape index (κ3) is 1.25. The number of anilines is 1. The van der Waals surface area contributed by atoms with E-state index in [1.165, 1.54) is 0 Å². The molecule has 0 amide bonds. The largest absolute Gasteiger partial charge is 0.397 e. The van der Waals surface area contributed by atoms with E-state index >= 15 is 0 Å². The van der Waals surface area contributed by atoms with Crippen LogP contribution in [0.25, 0.3) is 11.2 Å². The van der Waals surface area contributed by atoms with Gasteiger partial charge in [0.25, 0.3) is 0 Å². The zero-order valence-electron chi connectivity index (χ0n) is 10.7. The van der Waals surface area contributed by atoms with Crippen LogP contribution in [-0.4, -0.2) is 48.7 Å². The number of aliphatic hydroxyl groups excluding tert-OH is 3. The van der Waals surface area contributed by atoms with E-state index in [-0.39, 0.29) is 18.6 Å². The highest BCUT2D eigenvalue weighted by Gasteiger charge is 2.71. The summed E-state index contributed by atoms with van der Waals surface area (Å²) in [6.45, 7) is -0.116. The Kier molecular flexibility index (Phi) is 2.23. The quantitative estimate of drug-likeness (QED) is 0.575. The second kappa shape index (κ2) is 3.69. The van der Waals surface area contributed by atoms with Gasteiger partial charge in [-0.2, -0.15) is 0 Å². The predicted octanol–water partition coefficient (Wildman–Crippen LogP) is -0.711. The Morgan fingerprint density at radius 1 is 1.40 bits per heavy atom. The first-order valence-corrected chi connectivity index (χ1v) is 6.64. The fraction of sp³-hybridized carbons (Fsp3) is 0.538. The molecule has 0 aliphatic heterocycles. The van der Waals surface area contributed by atoms with Crippen LogP contribution in [0.2, 0.25) is 0 Å². The average Bonchev–Trinajstić information content (AvgIpc) is 2.95. The molecule has 106 valence electrons. The first kappa shape index (κ1) is 12.1. The van der Waals surface area contributed by atoms with Gasteiger partial charge in [-0.05, 0) is 18.4 Å². The summed E-state index contributed by atoms with van der Waals surface area (Å²) in [6, 6.07) is 1.35. The van der Waals surface area contributed by atoms with Gasteiger partial charge < -0.3 is 25.6 Å². The van der Waals surface area contributed by atoms with Crippen LogP contribution in [0.3, 0.4) is 0 Å². The summed E-state index contributed by atoms with van der Waals surface area (Å²) in [7, 11) is 0. The number of imidazole rings is 1. The Morgan fingerprint density at radius 2 is 2.20 bits per heavy atom. The van der Waals surface area contributed by atoms with Crippen molar-refractivity contribution < 1.29 is 15.3 Å². The second-order valence-corrected chi connectivity index (χ2v) is 5.85. The van der Waals surface area contributed by atoms with E-state index in [1.807, 2.05) is 0 Å². The number of nitrogens with two attached hydrogens (primary N) is 1. The van der Waals surface area contributed by atoms with Gasteiger partial charge in [0, 0.05) is 11.6 Å². The minimum absolute atomic E-state index is 0.0399. The minimum atomic E-state index is -0.929. The highest BCUT2D eigenvalue weighted by atomic mass is 16.3.